The molecule has 0 aromatic heterocycles. The van der Waals surface area contributed by atoms with Gasteiger partial charge in [0.15, 0.2) is 0 Å². The zero-order valence-corrected chi connectivity index (χ0v) is 9.00. The van der Waals surface area contributed by atoms with E-state index in [1.165, 1.54) is 45.6 Å². The van der Waals surface area contributed by atoms with Crippen LogP contribution >= 0.6 is 0 Å². The quantitative estimate of drug-likeness (QED) is 0.603. The second-order valence-electron chi connectivity index (χ2n) is 4.77. The lowest BCUT2D eigenvalue weighted by Crippen LogP contribution is -2.36. The largest absolute Gasteiger partial charge is 0.469 e. The summed E-state index contributed by atoms with van der Waals surface area (Å²) in [5.41, 5.74) is 0. The Balaban J connectivity index is 2.04. The molecule has 14 heavy (non-hydrogen) atoms. The van der Waals surface area contributed by atoms with E-state index in [1.807, 2.05) is 0 Å². The van der Waals surface area contributed by atoms with E-state index in [0.29, 0.717) is 5.92 Å². The molecule has 3 unspecified atom stereocenters. The van der Waals surface area contributed by atoms with Crippen LogP contribution in [0.5, 0.6) is 0 Å². The molecule has 0 spiro atoms. The average molecular weight is 196 g/mol. The molecule has 2 rings (SSSR count). The van der Waals surface area contributed by atoms with E-state index in [0.717, 1.165) is 12.3 Å². The second kappa shape index (κ2) is 4.33. The monoisotopic (exact) mass is 196 g/mol. The molecule has 0 radical (unpaired) electrons. The Kier molecular flexibility index (Phi) is 3.09. The first-order valence-corrected chi connectivity index (χ1v) is 5.90. The molecule has 0 amide bonds. The molecule has 0 N–H and O–H groups in total. The van der Waals surface area contributed by atoms with Crippen molar-refractivity contribution >= 4 is 5.97 Å². The highest BCUT2D eigenvalue weighted by atomic mass is 16.5. The summed E-state index contributed by atoms with van der Waals surface area (Å²) in [5.74, 6) is 1.73. The summed E-state index contributed by atoms with van der Waals surface area (Å²) in [5, 5.41) is 0. The molecule has 2 nitrogen and oxygen atoms in total. The van der Waals surface area contributed by atoms with Gasteiger partial charge in [-0.25, -0.2) is 0 Å². The lowest BCUT2D eigenvalue weighted by Gasteiger charge is -2.39. The van der Waals surface area contributed by atoms with Crippen LogP contribution in [0.3, 0.4) is 0 Å². The number of esters is 1. The van der Waals surface area contributed by atoms with Crippen LogP contribution in [0.4, 0.5) is 0 Å². The SMILES string of the molecule is COC(=O)C1CCCC2CCCCC21. The summed E-state index contributed by atoms with van der Waals surface area (Å²) < 4.78 is 4.90. The molecule has 0 saturated heterocycles. The summed E-state index contributed by atoms with van der Waals surface area (Å²) in [6, 6.07) is 0. The lowest BCUT2D eigenvalue weighted by atomic mass is 9.65. The van der Waals surface area contributed by atoms with Crippen LogP contribution in [-0.2, 0) is 9.53 Å². The van der Waals surface area contributed by atoms with E-state index in [2.05, 4.69) is 0 Å². The van der Waals surface area contributed by atoms with E-state index in [4.69, 9.17) is 4.74 Å². The number of fused-ring (bicyclic) bond motifs is 1. The molecule has 0 bridgehead atoms. The van der Waals surface area contributed by atoms with Crippen molar-refractivity contribution in [3.63, 3.8) is 0 Å². The zero-order chi connectivity index (χ0) is 9.97. The molecule has 0 aromatic rings. The number of carbonyl (C=O) groups is 1. The number of ether oxygens (including phenoxy) is 1. The second-order valence-corrected chi connectivity index (χ2v) is 4.77. The molecule has 2 aliphatic rings. The normalized spacial score (nSPS) is 37.4. The van der Waals surface area contributed by atoms with Gasteiger partial charge in [0.1, 0.15) is 0 Å². The molecule has 2 saturated carbocycles. The van der Waals surface area contributed by atoms with Gasteiger partial charge in [-0.05, 0) is 24.7 Å². The molecular weight excluding hydrogens is 176 g/mol. The Morgan fingerprint density at radius 3 is 2.57 bits per heavy atom. The van der Waals surface area contributed by atoms with Crippen molar-refractivity contribution < 1.29 is 9.53 Å². The highest BCUT2D eigenvalue weighted by molar-refractivity contribution is 5.72. The van der Waals surface area contributed by atoms with Crippen molar-refractivity contribution in [2.45, 2.75) is 44.9 Å². The van der Waals surface area contributed by atoms with E-state index >= 15 is 0 Å². The molecule has 2 fully saturated rings. The average Bonchev–Trinajstić information content (AvgIpc) is 2.27. The summed E-state index contributed by atoms with van der Waals surface area (Å²) in [7, 11) is 1.52. The molecule has 2 aliphatic carbocycles. The fourth-order valence-electron chi connectivity index (χ4n) is 3.38. The Morgan fingerprint density at radius 2 is 1.79 bits per heavy atom. The third-order valence-electron chi connectivity index (χ3n) is 4.08. The van der Waals surface area contributed by atoms with E-state index < -0.39 is 0 Å². The standard InChI is InChI=1S/C12H20O2/c1-14-12(13)11-8-4-6-9-5-2-3-7-10(9)11/h9-11H,2-8H2,1H3. The third kappa shape index (κ3) is 1.79. The molecule has 80 valence electrons. The van der Waals surface area contributed by atoms with E-state index in [-0.39, 0.29) is 11.9 Å². The van der Waals surface area contributed by atoms with Gasteiger partial charge < -0.3 is 4.74 Å². The van der Waals surface area contributed by atoms with Gasteiger partial charge in [0, 0.05) is 0 Å². The highest BCUT2D eigenvalue weighted by Crippen LogP contribution is 2.44. The van der Waals surface area contributed by atoms with Crippen LogP contribution < -0.4 is 0 Å². The highest BCUT2D eigenvalue weighted by Gasteiger charge is 2.38. The molecular formula is C12H20O2. The fraction of sp³-hybridized carbons (Fsp3) is 0.917. The Hall–Kier alpha value is -0.530. The minimum atomic E-state index is 0.0431. The third-order valence-corrected chi connectivity index (χ3v) is 4.08. The predicted octanol–water partition coefficient (Wildman–Crippen LogP) is 2.77. The lowest BCUT2D eigenvalue weighted by molar-refractivity contribution is -0.150. The summed E-state index contributed by atoms with van der Waals surface area (Å²) >= 11 is 0. The summed E-state index contributed by atoms with van der Waals surface area (Å²) in [6.07, 6.45) is 8.92. The van der Waals surface area contributed by atoms with Crippen LogP contribution in [0, 0.1) is 17.8 Å². The van der Waals surface area contributed by atoms with Gasteiger partial charge in [-0.1, -0.05) is 32.1 Å². The van der Waals surface area contributed by atoms with Gasteiger partial charge in [0.05, 0.1) is 13.0 Å². The molecule has 3 atom stereocenters. The summed E-state index contributed by atoms with van der Waals surface area (Å²) in [4.78, 5) is 11.6. The molecule has 0 aliphatic heterocycles. The van der Waals surface area contributed by atoms with Crippen molar-refractivity contribution in [2.24, 2.45) is 17.8 Å². The maximum Gasteiger partial charge on any atom is 0.308 e. The van der Waals surface area contributed by atoms with E-state index in [9.17, 15) is 4.79 Å². The Labute approximate surface area is 86.0 Å². The number of hydrogen-bond donors (Lipinski definition) is 0. The van der Waals surface area contributed by atoms with Gasteiger partial charge in [-0.15, -0.1) is 0 Å². The van der Waals surface area contributed by atoms with Gasteiger partial charge >= 0.3 is 5.97 Å². The van der Waals surface area contributed by atoms with Crippen LogP contribution in [0.2, 0.25) is 0 Å². The molecule has 0 heterocycles. The van der Waals surface area contributed by atoms with Crippen LogP contribution in [0.1, 0.15) is 44.9 Å². The minimum Gasteiger partial charge on any atom is -0.469 e. The first-order chi connectivity index (χ1) is 6.83. The summed E-state index contributed by atoms with van der Waals surface area (Å²) in [6.45, 7) is 0. The number of rotatable bonds is 1. The Morgan fingerprint density at radius 1 is 1.07 bits per heavy atom. The number of carbonyl (C=O) groups excluding carboxylic acids is 1. The molecule has 2 heteroatoms. The van der Waals surface area contributed by atoms with Gasteiger partial charge in [-0.2, -0.15) is 0 Å². The van der Waals surface area contributed by atoms with Crippen molar-refractivity contribution in [2.75, 3.05) is 7.11 Å². The first kappa shape index (κ1) is 10.0. The number of hydrogen-bond acceptors (Lipinski definition) is 2. The maximum absolute atomic E-state index is 11.6. The van der Waals surface area contributed by atoms with Crippen molar-refractivity contribution in [1.82, 2.24) is 0 Å². The van der Waals surface area contributed by atoms with Gasteiger partial charge in [0.2, 0.25) is 0 Å². The Bertz CT molecular complexity index is 210. The van der Waals surface area contributed by atoms with Crippen molar-refractivity contribution in [1.29, 1.82) is 0 Å². The smallest absolute Gasteiger partial charge is 0.308 e. The predicted molar refractivity (Wildman–Crippen MR) is 54.8 cm³/mol. The first-order valence-electron chi connectivity index (χ1n) is 5.90. The van der Waals surface area contributed by atoms with Crippen LogP contribution in [0.15, 0.2) is 0 Å². The van der Waals surface area contributed by atoms with Gasteiger partial charge in [-0.3, -0.25) is 4.79 Å². The fourth-order valence-corrected chi connectivity index (χ4v) is 3.38. The van der Waals surface area contributed by atoms with Gasteiger partial charge in [0.25, 0.3) is 0 Å². The van der Waals surface area contributed by atoms with E-state index in [1.54, 1.807) is 0 Å². The minimum absolute atomic E-state index is 0.0431. The van der Waals surface area contributed by atoms with Crippen LogP contribution in [-0.4, -0.2) is 13.1 Å². The number of methoxy groups -OCH3 is 1. The molecule has 0 aromatic carbocycles. The zero-order valence-electron chi connectivity index (χ0n) is 9.00. The topological polar surface area (TPSA) is 26.3 Å². The van der Waals surface area contributed by atoms with Crippen molar-refractivity contribution in [3.05, 3.63) is 0 Å². The van der Waals surface area contributed by atoms with Crippen LogP contribution in [0.25, 0.3) is 0 Å². The van der Waals surface area contributed by atoms with Crippen molar-refractivity contribution in [3.8, 4) is 0 Å². The maximum atomic E-state index is 11.6.